The molecule has 0 aliphatic carbocycles. The van der Waals surface area contributed by atoms with Crippen molar-refractivity contribution in [1.82, 2.24) is 9.96 Å². The topological polar surface area (TPSA) is 119 Å². The number of urea groups is 1. The number of anilines is 1. The number of para-hydroxylation sites is 1. The van der Waals surface area contributed by atoms with Gasteiger partial charge in [0.1, 0.15) is 11.8 Å². The molecular formula is C18H15N3O6. The smallest absolute Gasteiger partial charge is 0.417 e. The third-order valence-corrected chi connectivity index (χ3v) is 4.59. The molecule has 9 heteroatoms. The van der Waals surface area contributed by atoms with Crippen molar-refractivity contribution in [2.45, 2.75) is 12.1 Å². The highest BCUT2D eigenvalue weighted by Gasteiger charge is 2.50. The molecule has 1 saturated heterocycles. The van der Waals surface area contributed by atoms with Gasteiger partial charge in [-0.15, -0.1) is 0 Å². The van der Waals surface area contributed by atoms with Crippen LogP contribution in [0.15, 0.2) is 48.5 Å². The molecule has 0 spiro atoms. The first-order chi connectivity index (χ1) is 13.0. The van der Waals surface area contributed by atoms with Gasteiger partial charge in [0.2, 0.25) is 0 Å². The van der Waals surface area contributed by atoms with Crippen molar-refractivity contribution in [3.05, 3.63) is 59.7 Å². The number of carboxylic acids is 1. The molecule has 2 aromatic rings. The zero-order chi connectivity index (χ0) is 19.1. The molecule has 0 unspecified atom stereocenters. The van der Waals surface area contributed by atoms with E-state index in [2.05, 4.69) is 5.32 Å². The number of carbonyl (C=O) groups excluding carboxylic acids is 2. The first-order valence-corrected chi connectivity index (χ1v) is 8.15. The maximum Gasteiger partial charge on any atom is 0.417 e. The molecule has 2 bridgehead atoms. The summed E-state index contributed by atoms with van der Waals surface area (Å²) in [6.07, 6.45) is -0.711. The maximum atomic E-state index is 12.1. The summed E-state index contributed by atoms with van der Waals surface area (Å²) in [5.74, 6) is -1.03. The fourth-order valence-electron chi connectivity index (χ4n) is 3.41. The Hall–Kier alpha value is -3.59. The number of amides is 3. The normalized spacial score (nSPS) is 20.3. The van der Waals surface area contributed by atoms with Gasteiger partial charge in [0.25, 0.3) is 0 Å². The summed E-state index contributed by atoms with van der Waals surface area (Å²) in [6.45, 7) is 0.0406. The molecular weight excluding hydrogens is 354 g/mol. The van der Waals surface area contributed by atoms with Crippen molar-refractivity contribution < 1.29 is 29.4 Å². The molecule has 0 saturated carbocycles. The van der Waals surface area contributed by atoms with Crippen LogP contribution < -0.4 is 10.1 Å². The van der Waals surface area contributed by atoms with Gasteiger partial charge in [-0.05, 0) is 35.4 Å². The van der Waals surface area contributed by atoms with E-state index in [9.17, 15) is 24.7 Å². The van der Waals surface area contributed by atoms with E-state index >= 15 is 0 Å². The number of hydrogen-bond acceptors (Lipinski definition) is 5. The quantitative estimate of drug-likeness (QED) is 0.716. The Kier molecular flexibility index (Phi) is 3.93. The van der Waals surface area contributed by atoms with Crippen LogP contribution >= 0.6 is 0 Å². The van der Waals surface area contributed by atoms with Crippen LogP contribution in [-0.4, -0.2) is 44.9 Å². The highest BCUT2D eigenvalue weighted by atomic mass is 16.6. The lowest BCUT2D eigenvalue weighted by Crippen LogP contribution is -2.38. The minimum Gasteiger partial charge on any atom is -0.479 e. The van der Waals surface area contributed by atoms with Crippen molar-refractivity contribution >= 4 is 23.8 Å². The predicted molar refractivity (Wildman–Crippen MR) is 91.4 cm³/mol. The highest BCUT2D eigenvalue weighted by molar-refractivity contribution is 5.88. The number of carboxylic acid groups (broad SMARTS) is 1. The van der Waals surface area contributed by atoms with Gasteiger partial charge in [-0.2, -0.15) is 5.06 Å². The van der Waals surface area contributed by atoms with Gasteiger partial charge in [0.15, 0.2) is 6.04 Å². The highest BCUT2D eigenvalue weighted by Crippen LogP contribution is 2.44. The number of carbonyl (C=O) groups is 3. The van der Waals surface area contributed by atoms with Gasteiger partial charge >= 0.3 is 18.1 Å². The number of ether oxygens (including phenoxy) is 1. The van der Waals surface area contributed by atoms with Gasteiger partial charge in [0, 0.05) is 5.69 Å². The van der Waals surface area contributed by atoms with Crippen LogP contribution in [0.5, 0.6) is 5.75 Å². The number of benzene rings is 2. The van der Waals surface area contributed by atoms with Crippen LogP contribution in [0.1, 0.15) is 23.2 Å². The summed E-state index contributed by atoms with van der Waals surface area (Å²) in [6, 6.07) is 10.5. The molecule has 4 rings (SSSR count). The lowest BCUT2D eigenvalue weighted by molar-refractivity contribution is -0.142. The third-order valence-electron chi connectivity index (χ3n) is 4.59. The Bertz CT molecular complexity index is 932. The molecule has 3 N–H and O–H groups in total. The molecule has 138 valence electrons. The zero-order valence-electron chi connectivity index (χ0n) is 13.9. The number of fused-ring (bicyclic) bond motifs is 4. The Morgan fingerprint density at radius 1 is 1.11 bits per heavy atom. The summed E-state index contributed by atoms with van der Waals surface area (Å²) in [7, 11) is 0. The molecule has 2 heterocycles. The Balaban J connectivity index is 1.61. The van der Waals surface area contributed by atoms with Crippen molar-refractivity contribution in [3.63, 3.8) is 0 Å². The van der Waals surface area contributed by atoms with Gasteiger partial charge in [-0.1, -0.05) is 24.3 Å². The molecule has 9 nitrogen and oxygen atoms in total. The predicted octanol–water partition coefficient (Wildman–Crippen LogP) is 2.60. The molecule has 1 fully saturated rings. The maximum absolute atomic E-state index is 12.1. The second-order valence-corrected chi connectivity index (χ2v) is 6.21. The monoisotopic (exact) mass is 369 g/mol. The average molecular weight is 369 g/mol. The first-order valence-electron chi connectivity index (χ1n) is 8.15. The fourth-order valence-corrected chi connectivity index (χ4v) is 3.41. The van der Waals surface area contributed by atoms with E-state index in [1.807, 2.05) is 6.07 Å². The molecule has 0 radical (unpaired) electrons. The van der Waals surface area contributed by atoms with E-state index < -0.39 is 30.2 Å². The summed E-state index contributed by atoms with van der Waals surface area (Å²) in [5.41, 5.74) is 1.36. The Morgan fingerprint density at radius 2 is 1.85 bits per heavy atom. The Morgan fingerprint density at radius 3 is 2.56 bits per heavy atom. The Labute approximate surface area is 153 Å². The number of hydrogen-bond donors (Lipinski definition) is 3. The van der Waals surface area contributed by atoms with Crippen molar-refractivity contribution in [2.24, 2.45) is 0 Å². The van der Waals surface area contributed by atoms with Crippen molar-refractivity contribution in [2.75, 3.05) is 11.9 Å². The van der Waals surface area contributed by atoms with Gasteiger partial charge < -0.3 is 14.7 Å². The number of rotatable bonds is 3. The van der Waals surface area contributed by atoms with Crippen LogP contribution in [0.25, 0.3) is 0 Å². The second-order valence-electron chi connectivity index (χ2n) is 6.21. The van der Waals surface area contributed by atoms with E-state index in [0.717, 1.165) is 4.90 Å². The minimum absolute atomic E-state index is 0.0406. The molecule has 2 aromatic carbocycles. The second kappa shape index (κ2) is 6.29. The summed E-state index contributed by atoms with van der Waals surface area (Å²) >= 11 is 0. The molecule has 0 aromatic heterocycles. The summed E-state index contributed by atoms with van der Waals surface area (Å²) in [5, 5.41) is 22.6. The largest absolute Gasteiger partial charge is 0.479 e. The molecule has 2 aliphatic rings. The standard InChI is InChI=1S/C18H15N3O6/c22-16(23)15-12-7-6-11(27-17(24)19-10-4-2-1-3-5-10)8-13(12)14-9-20(15)18(25)21(14)26/h1-8,14-15,26H,9H2,(H,19,24)(H,22,23)/t14-,15-/m1/s1. The van der Waals surface area contributed by atoms with E-state index in [1.54, 1.807) is 24.3 Å². The van der Waals surface area contributed by atoms with Crippen LogP contribution in [-0.2, 0) is 4.79 Å². The van der Waals surface area contributed by atoms with E-state index in [-0.39, 0.29) is 12.3 Å². The van der Waals surface area contributed by atoms with Gasteiger partial charge in [-0.25, -0.2) is 14.4 Å². The van der Waals surface area contributed by atoms with E-state index in [0.29, 0.717) is 21.9 Å². The van der Waals surface area contributed by atoms with Gasteiger partial charge in [-0.3, -0.25) is 10.5 Å². The van der Waals surface area contributed by atoms with Crippen LogP contribution in [0.4, 0.5) is 15.3 Å². The van der Waals surface area contributed by atoms with Crippen LogP contribution in [0, 0.1) is 0 Å². The van der Waals surface area contributed by atoms with Crippen molar-refractivity contribution in [3.8, 4) is 5.75 Å². The summed E-state index contributed by atoms with van der Waals surface area (Å²) in [4.78, 5) is 36.9. The minimum atomic E-state index is -1.20. The van der Waals surface area contributed by atoms with Crippen LogP contribution in [0.3, 0.4) is 0 Å². The molecule has 3 amide bonds. The van der Waals surface area contributed by atoms with Crippen LogP contribution in [0.2, 0.25) is 0 Å². The fraction of sp³-hybridized carbons (Fsp3) is 0.167. The lowest BCUT2D eigenvalue weighted by Gasteiger charge is -2.30. The zero-order valence-corrected chi connectivity index (χ0v) is 13.9. The third kappa shape index (κ3) is 2.83. The molecule has 2 atom stereocenters. The number of aliphatic carboxylic acids is 1. The first kappa shape index (κ1) is 16.9. The summed E-state index contributed by atoms with van der Waals surface area (Å²) < 4.78 is 5.25. The lowest BCUT2D eigenvalue weighted by atomic mass is 9.91. The number of nitrogens with one attached hydrogen (secondary N) is 1. The number of nitrogens with zero attached hydrogens (tertiary/aromatic N) is 2. The molecule has 2 aliphatic heterocycles. The van der Waals surface area contributed by atoms with E-state index in [4.69, 9.17) is 4.74 Å². The number of hydroxylamine groups is 2. The van der Waals surface area contributed by atoms with Crippen molar-refractivity contribution in [1.29, 1.82) is 0 Å². The molecule has 27 heavy (non-hydrogen) atoms. The SMILES string of the molecule is O=C(Nc1ccccc1)Oc1ccc2c(c1)[C@H]1CN(C(=O)N1O)[C@H]2C(=O)O. The van der Waals surface area contributed by atoms with E-state index in [1.165, 1.54) is 18.2 Å². The van der Waals surface area contributed by atoms with Gasteiger partial charge in [0.05, 0.1) is 6.54 Å². The average Bonchev–Trinajstić information content (AvgIpc) is 2.89.